The van der Waals surface area contributed by atoms with Gasteiger partial charge in [-0.05, 0) is 19.4 Å². The highest BCUT2D eigenvalue weighted by Crippen LogP contribution is 2.18. The number of amides is 1. The molecule has 0 bridgehead atoms. The van der Waals surface area contributed by atoms with Crippen molar-refractivity contribution in [3.8, 4) is 0 Å². The van der Waals surface area contributed by atoms with E-state index in [2.05, 4.69) is 10.6 Å². The lowest BCUT2D eigenvalue weighted by Crippen LogP contribution is -2.48. The lowest BCUT2D eigenvalue weighted by Gasteiger charge is -2.29. The molecule has 0 aromatic carbocycles. The number of rotatable bonds is 5. The van der Waals surface area contributed by atoms with E-state index in [4.69, 9.17) is 0 Å². The van der Waals surface area contributed by atoms with Crippen molar-refractivity contribution in [3.63, 3.8) is 0 Å². The van der Waals surface area contributed by atoms with Gasteiger partial charge in [-0.2, -0.15) is 0 Å². The van der Waals surface area contributed by atoms with Gasteiger partial charge >= 0.3 is 0 Å². The first kappa shape index (κ1) is 13.5. The monoisotopic (exact) mass is 228 g/mol. The predicted molar refractivity (Wildman–Crippen MR) is 64.1 cm³/mol. The number of nitrogens with one attached hydrogen (secondary N) is 2. The minimum absolute atomic E-state index is 0.0333. The Morgan fingerprint density at radius 3 is 2.75 bits per heavy atom. The molecule has 4 heteroatoms. The van der Waals surface area contributed by atoms with E-state index in [0.29, 0.717) is 6.54 Å². The molecule has 1 rings (SSSR count). The molecule has 4 nitrogen and oxygen atoms in total. The van der Waals surface area contributed by atoms with Crippen molar-refractivity contribution in [3.05, 3.63) is 0 Å². The molecule has 16 heavy (non-hydrogen) atoms. The minimum atomic E-state index is -0.357. The topological polar surface area (TPSA) is 61.4 Å². The molecular weight excluding hydrogens is 204 g/mol. The normalized spacial score (nSPS) is 27.4. The minimum Gasteiger partial charge on any atom is -0.391 e. The van der Waals surface area contributed by atoms with Crippen LogP contribution in [0.15, 0.2) is 0 Å². The van der Waals surface area contributed by atoms with Crippen molar-refractivity contribution in [1.29, 1.82) is 0 Å². The smallest absolute Gasteiger partial charge is 0.224 e. The van der Waals surface area contributed by atoms with Gasteiger partial charge in [0.05, 0.1) is 12.1 Å². The van der Waals surface area contributed by atoms with Gasteiger partial charge in [-0.15, -0.1) is 0 Å². The average molecular weight is 228 g/mol. The van der Waals surface area contributed by atoms with Crippen LogP contribution in [-0.4, -0.2) is 36.2 Å². The lowest BCUT2D eigenvalue weighted by atomic mass is 9.92. The summed E-state index contributed by atoms with van der Waals surface area (Å²) in [7, 11) is 0. The zero-order chi connectivity index (χ0) is 12.0. The number of aliphatic hydroxyl groups is 1. The molecule has 1 amide bonds. The van der Waals surface area contributed by atoms with Gasteiger partial charge in [-0.1, -0.05) is 26.7 Å². The van der Waals surface area contributed by atoms with Crippen LogP contribution in [0.4, 0.5) is 0 Å². The van der Waals surface area contributed by atoms with Crippen LogP contribution in [0.5, 0.6) is 0 Å². The van der Waals surface area contributed by atoms with Crippen LogP contribution in [0.2, 0.25) is 0 Å². The summed E-state index contributed by atoms with van der Waals surface area (Å²) in [5.41, 5.74) is 0. The van der Waals surface area contributed by atoms with Gasteiger partial charge in [0, 0.05) is 12.5 Å². The number of carbonyl (C=O) groups excluding carboxylic acids is 1. The molecule has 0 heterocycles. The molecule has 1 aliphatic rings. The molecular formula is C12H24N2O2. The Labute approximate surface area is 97.8 Å². The van der Waals surface area contributed by atoms with Crippen molar-refractivity contribution >= 4 is 5.91 Å². The second-order valence-electron chi connectivity index (χ2n) is 4.68. The van der Waals surface area contributed by atoms with Crippen molar-refractivity contribution in [2.45, 2.75) is 51.7 Å². The summed E-state index contributed by atoms with van der Waals surface area (Å²) in [4.78, 5) is 11.8. The van der Waals surface area contributed by atoms with Crippen LogP contribution >= 0.6 is 0 Å². The molecule has 0 saturated heterocycles. The summed E-state index contributed by atoms with van der Waals surface area (Å²) in [6, 6.07) is -0.0367. The van der Waals surface area contributed by atoms with Crippen molar-refractivity contribution in [1.82, 2.24) is 10.6 Å². The maximum absolute atomic E-state index is 11.8. The quantitative estimate of drug-likeness (QED) is 0.647. The first-order valence-electron chi connectivity index (χ1n) is 6.34. The molecule has 0 aromatic heterocycles. The third kappa shape index (κ3) is 4.10. The molecule has 0 aromatic rings. The highest BCUT2D eigenvalue weighted by Gasteiger charge is 2.25. The van der Waals surface area contributed by atoms with E-state index in [1.807, 2.05) is 13.8 Å². The van der Waals surface area contributed by atoms with Crippen LogP contribution in [0, 0.1) is 5.92 Å². The summed E-state index contributed by atoms with van der Waals surface area (Å²) >= 11 is 0. The third-order valence-corrected chi connectivity index (χ3v) is 3.21. The fourth-order valence-corrected chi connectivity index (χ4v) is 2.06. The van der Waals surface area contributed by atoms with Crippen molar-refractivity contribution in [2.75, 3.05) is 13.1 Å². The van der Waals surface area contributed by atoms with Gasteiger partial charge in [-0.3, -0.25) is 4.79 Å². The summed E-state index contributed by atoms with van der Waals surface area (Å²) in [6.07, 6.45) is 3.53. The van der Waals surface area contributed by atoms with Gasteiger partial charge in [-0.25, -0.2) is 0 Å². The first-order valence-corrected chi connectivity index (χ1v) is 6.34. The van der Waals surface area contributed by atoms with E-state index in [9.17, 15) is 9.90 Å². The number of hydrogen-bond acceptors (Lipinski definition) is 3. The highest BCUT2D eigenvalue weighted by atomic mass is 16.3. The van der Waals surface area contributed by atoms with E-state index in [-0.39, 0.29) is 24.0 Å². The van der Waals surface area contributed by atoms with E-state index < -0.39 is 0 Å². The van der Waals surface area contributed by atoms with Gasteiger partial charge in [0.15, 0.2) is 0 Å². The van der Waals surface area contributed by atoms with E-state index in [1.165, 1.54) is 0 Å². The Morgan fingerprint density at radius 1 is 1.44 bits per heavy atom. The largest absolute Gasteiger partial charge is 0.391 e. The molecule has 3 atom stereocenters. The number of hydrogen-bond donors (Lipinski definition) is 3. The van der Waals surface area contributed by atoms with E-state index in [0.717, 1.165) is 32.2 Å². The van der Waals surface area contributed by atoms with E-state index >= 15 is 0 Å². The van der Waals surface area contributed by atoms with Crippen LogP contribution in [0.1, 0.15) is 39.5 Å². The molecule has 1 unspecified atom stereocenters. The Balaban J connectivity index is 2.31. The third-order valence-electron chi connectivity index (χ3n) is 3.21. The van der Waals surface area contributed by atoms with Gasteiger partial charge in [0.25, 0.3) is 0 Å². The summed E-state index contributed by atoms with van der Waals surface area (Å²) in [5, 5.41) is 15.8. The molecule has 1 fully saturated rings. The number of aliphatic hydroxyl groups excluding tert-OH is 1. The molecule has 1 aliphatic carbocycles. The molecule has 3 N–H and O–H groups in total. The molecule has 0 aliphatic heterocycles. The Kier molecular flexibility index (Phi) is 5.77. The second-order valence-corrected chi connectivity index (χ2v) is 4.68. The average Bonchev–Trinajstić information content (AvgIpc) is 2.28. The van der Waals surface area contributed by atoms with Crippen molar-refractivity contribution in [2.24, 2.45) is 5.92 Å². The molecule has 0 spiro atoms. The maximum atomic E-state index is 11.8. The van der Waals surface area contributed by atoms with Crippen LogP contribution < -0.4 is 10.6 Å². The van der Waals surface area contributed by atoms with E-state index in [1.54, 1.807) is 0 Å². The zero-order valence-electron chi connectivity index (χ0n) is 10.3. The second kappa shape index (κ2) is 6.86. The molecule has 0 radical (unpaired) electrons. The Hall–Kier alpha value is -0.610. The first-order chi connectivity index (χ1) is 7.65. The summed E-state index contributed by atoms with van der Waals surface area (Å²) in [6.45, 7) is 5.51. The number of carbonyl (C=O) groups is 1. The summed E-state index contributed by atoms with van der Waals surface area (Å²) in [5.74, 6) is 0.0148. The Bertz CT molecular complexity index is 221. The van der Waals surface area contributed by atoms with Gasteiger partial charge < -0.3 is 15.7 Å². The van der Waals surface area contributed by atoms with Gasteiger partial charge in [0.2, 0.25) is 5.91 Å². The Morgan fingerprint density at radius 2 is 2.12 bits per heavy atom. The standard InChI is InChI=1S/C12H24N2O2/c1-3-13-8-9(2)12(16)14-10-6-4-5-7-11(10)15/h9-11,13,15H,3-8H2,1-2H3,(H,14,16)/t9?,10-,11-/m1/s1. The molecule has 94 valence electrons. The van der Waals surface area contributed by atoms with Crippen LogP contribution in [0.3, 0.4) is 0 Å². The SMILES string of the molecule is CCNCC(C)C(=O)N[C@@H]1CCCC[C@H]1O. The van der Waals surface area contributed by atoms with Crippen LogP contribution in [0.25, 0.3) is 0 Å². The predicted octanol–water partition coefficient (Wildman–Crippen LogP) is 0.652. The summed E-state index contributed by atoms with van der Waals surface area (Å²) < 4.78 is 0. The lowest BCUT2D eigenvalue weighted by molar-refractivity contribution is -0.126. The fraction of sp³-hybridized carbons (Fsp3) is 0.917. The van der Waals surface area contributed by atoms with Gasteiger partial charge in [0.1, 0.15) is 0 Å². The maximum Gasteiger partial charge on any atom is 0.224 e. The highest BCUT2D eigenvalue weighted by molar-refractivity contribution is 5.78. The van der Waals surface area contributed by atoms with Crippen molar-refractivity contribution < 1.29 is 9.90 Å². The zero-order valence-corrected chi connectivity index (χ0v) is 10.3. The van der Waals surface area contributed by atoms with Crippen LogP contribution in [-0.2, 0) is 4.79 Å². The molecule has 1 saturated carbocycles. The fourth-order valence-electron chi connectivity index (χ4n) is 2.06.